The van der Waals surface area contributed by atoms with Crippen molar-refractivity contribution in [2.45, 2.75) is 13.3 Å². The van der Waals surface area contributed by atoms with E-state index in [-0.39, 0.29) is 5.41 Å². The van der Waals surface area contributed by atoms with Crippen LogP contribution in [0.1, 0.15) is 13.3 Å². The Hall–Kier alpha value is -0.610. The Bertz CT molecular complexity index is 302. The van der Waals surface area contributed by atoms with Crippen LogP contribution in [0.2, 0.25) is 0 Å². The van der Waals surface area contributed by atoms with Gasteiger partial charge in [0.05, 0.1) is 0 Å². The summed E-state index contributed by atoms with van der Waals surface area (Å²) < 4.78 is 0. The summed E-state index contributed by atoms with van der Waals surface area (Å²) in [7, 11) is 0. The molecule has 0 aromatic carbocycles. The summed E-state index contributed by atoms with van der Waals surface area (Å²) in [5.41, 5.74) is 0.204. The highest BCUT2D eigenvalue weighted by atomic mass is 16.4. The number of fused-ring (bicyclic) bond motifs is 1. The molecule has 0 aliphatic carbocycles. The minimum atomic E-state index is -0.623. The topological polar surface area (TPSA) is 43.8 Å². The lowest BCUT2D eigenvalue weighted by Gasteiger charge is -2.53. The molecule has 4 nitrogen and oxygen atoms in total. The zero-order chi connectivity index (χ0) is 11.3. The maximum absolute atomic E-state index is 11.0. The Morgan fingerprint density at radius 3 is 2.31 bits per heavy atom. The van der Waals surface area contributed by atoms with Crippen LogP contribution in [0.15, 0.2) is 0 Å². The summed E-state index contributed by atoms with van der Waals surface area (Å²) >= 11 is 0. The van der Waals surface area contributed by atoms with E-state index in [1.807, 2.05) is 0 Å². The molecule has 0 aromatic heterocycles. The summed E-state index contributed by atoms with van der Waals surface area (Å²) in [5, 5.41) is 9.06. The molecule has 0 spiro atoms. The van der Waals surface area contributed by atoms with Crippen molar-refractivity contribution in [1.29, 1.82) is 0 Å². The Morgan fingerprint density at radius 1 is 1.31 bits per heavy atom. The molecule has 3 atom stereocenters. The smallest absolute Gasteiger partial charge is 0.303 e. The number of aliphatic carboxylic acids is 1. The van der Waals surface area contributed by atoms with Crippen molar-refractivity contribution in [1.82, 2.24) is 9.80 Å². The first-order valence-electron chi connectivity index (χ1n) is 6.23. The molecule has 90 valence electrons. The Kier molecular flexibility index (Phi) is 2.27. The molecule has 4 fully saturated rings. The van der Waals surface area contributed by atoms with Gasteiger partial charge < -0.3 is 14.9 Å². The average Bonchev–Trinajstić information content (AvgIpc) is 2.39. The van der Waals surface area contributed by atoms with Gasteiger partial charge in [-0.2, -0.15) is 0 Å². The first-order valence-corrected chi connectivity index (χ1v) is 6.23. The van der Waals surface area contributed by atoms with E-state index in [1.54, 1.807) is 0 Å². The molecule has 1 N–H and O–H groups in total. The maximum atomic E-state index is 11.0. The van der Waals surface area contributed by atoms with Crippen molar-refractivity contribution in [2.75, 3.05) is 39.3 Å². The fourth-order valence-electron chi connectivity index (χ4n) is 4.20. The maximum Gasteiger partial charge on any atom is 0.303 e. The van der Waals surface area contributed by atoms with Gasteiger partial charge in [0.25, 0.3) is 0 Å². The van der Waals surface area contributed by atoms with Crippen LogP contribution in [0.4, 0.5) is 0 Å². The minimum Gasteiger partial charge on any atom is -0.481 e. The third-order valence-electron chi connectivity index (χ3n) is 4.75. The van der Waals surface area contributed by atoms with E-state index in [0.29, 0.717) is 18.3 Å². The van der Waals surface area contributed by atoms with Gasteiger partial charge in [0, 0.05) is 45.7 Å². The van der Waals surface area contributed by atoms with Gasteiger partial charge in [-0.25, -0.2) is 0 Å². The number of carbonyl (C=O) groups is 1. The van der Waals surface area contributed by atoms with E-state index in [1.165, 1.54) is 13.1 Å². The number of hydrogen-bond acceptors (Lipinski definition) is 3. The molecule has 4 saturated heterocycles. The van der Waals surface area contributed by atoms with Crippen LogP contribution in [0.5, 0.6) is 0 Å². The molecule has 0 amide bonds. The highest BCUT2D eigenvalue weighted by Crippen LogP contribution is 2.46. The Morgan fingerprint density at radius 2 is 1.88 bits per heavy atom. The van der Waals surface area contributed by atoms with Crippen molar-refractivity contribution in [3.8, 4) is 0 Å². The Labute approximate surface area is 96.2 Å². The van der Waals surface area contributed by atoms with Gasteiger partial charge in [-0.3, -0.25) is 4.79 Å². The highest BCUT2D eigenvalue weighted by Gasteiger charge is 2.51. The summed E-state index contributed by atoms with van der Waals surface area (Å²) in [6.45, 7) is 9.05. The quantitative estimate of drug-likeness (QED) is 0.735. The van der Waals surface area contributed by atoms with E-state index in [2.05, 4.69) is 16.7 Å². The van der Waals surface area contributed by atoms with Crippen molar-refractivity contribution >= 4 is 5.97 Å². The van der Waals surface area contributed by atoms with Gasteiger partial charge in [-0.15, -0.1) is 0 Å². The third-order valence-corrected chi connectivity index (χ3v) is 4.75. The first-order chi connectivity index (χ1) is 7.57. The second-order valence-electron chi connectivity index (χ2n) is 6.09. The molecule has 4 heterocycles. The molecule has 4 heteroatoms. The zero-order valence-electron chi connectivity index (χ0n) is 9.85. The van der Waals surface area contributed by atoms with E-state index in [9.17, 15) is 4.79 Å². The lowest BCUT2D eigenvalue weighted by atomic mass is 9.63. The van der Waals surface area contributed by atoms with Crippen molar-refractivity contribution in [2.24, 2.45) is 17.3 Å². The molecule has 3 unspecified atom stereocenters. The van der Waals surface area contributed by atoms with Crippen molar-refractivity contribution < 1.29 is 9.90 Å². The first kappa shape index (κ1) is 10.5. The van der Waals surface area contributed by atoms with Crippen LogP contribution >= 0.6 is 0 Å². The van der Waals surface area contributed by atoms with Crippen LogP contribution < -0.4 is 0 Å². The standard InChI is InChI=1S/C12H20N2O2/c1-12-7-13-2-3-14(8-12)6-9(5-13)10(12)4-11(15)16/h9-10H,2-8H2,1H3,(H,15,16). The third kappa shape index (κ3) is 1.55. The van der Waals surface area contributed by atoms with Crippen molar-refractivity contribution in [3.63, 3.8) is 0 Å². The largest absolute Gasteiger partial charge is 0.481 e. The van der Waals surface area contributed by atoms with Crippen LogP contribution in [0.25, 0.3) is 0 Å². The number of rotatable bonds is 2. The molecular weight excluding hydrogens is 204 g/mol. The Balaban J connectivity index is 1.89. The molecule has 4 aliphatic rings. The average molecular weight is 224 g/mol. The zero-order valence-corrected chi connectivity index (χ0v) is 9.85. The molecular formula is C12H20N2O2. The van der Waals surface area contributed by atoms with Crippen LogP contribution in [-0.4, -0.2) is 60.1 Å². The van der Waals surface area contributed by atoms with Gasteiger partial charge in [-0.1, -0.05) is 6.92 Å². The molecule has 0 aromatic rings. The van der Waals surface area contributed by atoms with Gasteiger partial charge >= 0.3 is 5.97 Å². The number of hydrogen-bond donors (Lipinski definition) is 1. The predicted molar refractivity (Wildman–Crippen MR) is 60.2 cm³/mol. The SMILES string of the molecule is CC12CN3CCN(CC(C3)C1CC(=O)O)C2. The molecule has 4 rings (SSSR count). The monoisotopic (exact) mass is 224 g/mol. The molecule has 0 saturated carbocycles. The molecule has 4 aliphatic heterocycles. The number of carboxylic acids is 1. The van der Waals surface area contributed by atoms with Gasteiger partial charge in [0.15, 0.2) is 0 Å². The van der Waals surface area contributed by atoms with E-state index < -0.39 is 5.97 Å². The molecule has 16 heavy (non-hydrogen) atoms. The van der Waals surface area contributed by atoms with E-state index in [4.69, 9.17) is 5.11 Å². The summed E-state index contributed by atoms with van der Waals surface area (Å²) in [6, 6.07) is 0. The summed E-state index contributed by atoms with van der Waals surface area (Å²) in [4.78, 5) is 16.1. The molecule has 4 bridgehead atoms. The number of piperidine rings is 2. The van der Waals surface area contributed by atoms with E-state index >= 15 is 0 Å². The minimum absolute atomic E-state index is 0.204. The van der Waals surface area contributed by atoms with E-state index in [0.717, 1.165) is 26.2 Å². The van der Waals surface area contributed by atoms with Crippen molar-refractivity contribution in [3.05, 3.63) is 0 Å². The second-order valence-corrected chi connectivity index (χ2v) is 6.09. The summed E-state index contributed by atoms with van der Waals surface area (Å²) in [5.74, 6) is 0.337. The number of carboxylic acid groups (broad SMARTS) is 1. The lowest BCUT2D eigenvalue weighted by molar-refractivity contribution is -0.143. The van der Waals surface area contributed by atoms with Crippen LogP contribution in [0, 0.1) is 17.3 Å². The predicted octanol–water partition coefficient (Wildman–Crippen LogP) is 0.345. The lowest BCUT2D eigenvalue weighted by Crippen LogP contribution is -2.59. The normalized spacial score (nSPS) is 50.3. The van der Waals surface area contributed by atoms with Gasteiger partial charge in [0.2, 0.25) is 0 Å². The second kappa shape index (κ2) is 3.44. The summed E-state index contributed by atoms with van der Waals surface area (Å²) in [6.07, 6.45) is 0.364. The highest BCUT2D eigenvalue weighted by molar-refractivity contribution is 5.67. The van der Waals surface area contributed by atoms with Gasteiger partial charge in [0.1, 0.15) is 0 Å². The fourth-order valence-corrected chi connectivity index (χ4v) is 4.20. The number of nitrogens with zero attached hydrogens (tertiary/aromatic N) is 2. The van der Waals surface area contributed by atoms with Gasteiger partial charge in [-0.05, 0) is 17.3 Å². The fraction of sp³-hybridized carbons (Fsp3) is 0.917. The van der Waals surface area contributed by atoms with Crippen LogP contribution in [-0.2, 0) is 4.79 Å². The van der Waals surface area contributed by atoms with Crippen LogP contribution in [0.3, 0.4) is 0 Å². The molecule has 0 radical (unpaired) electrons.